The fourth-order valence-corrected chi connectivity index (χ4v) is 5.09. The number of aliphatic carboxylic acids is 2. The minimum atomic E-state index is -4.73. The van der Waals surface area contributed by atoms with Gasteiger partial charge in [0.25, 0.3) is 0 Å². The van der Waals surface area contributed by atoms with Crippen LogP contribution in [0.15, 0.2) is 5.16 Å². The molecule has 1 aromatic heterocycles. The third-order valence-corrected chi connectivity index (χ3v) is 5.98. The first-order valence-corrected chi connectivity index (χ1v) is 8.52. The van der Waals surface area contributed by atoms with Gasteiger partial charge in [-0.2, -0.15) is 18.2 Å². The number of thioether (sulfide) groups is 1. The highest BCUT2D eigenvalue weighted by Gasteiger charge is 2.75. The molecule has 0 spiro atoms. The third kappa shape index (κ3) is 3.22. The highest BCUT2D eigenvalue weighted by molar-refractivity contribution is 7.99. The van der Waals surface area contributed by atoms with Gasteiger partial charge in [0, 0.05) is 11.2 Å². The average Bonchev–Trinajstić information content (AvgIpc) is 3.00. The zero-order valence-electron chi connectivity index (χ0n) is 13.4. The number of fused-ring (bicyclic) bond motifs is 1. The van der Waals surface area contributed by atoms with Crippen LogP contribution in [0.5, 0.6) is 0 Å². The van der Waals surface area contributed by atoms with E-state index in [0.29, 0.717) is 0 Å². The second kappa shape index (κ2) is 6.37. The lowest BCUT2D eigenvalue weighted by Crippen LogP contribution is -2.57. The van der Waals surface area contributed by atoms with E-state index < -0.39 is 64.9 Å². The smallest absolute Gasteiger partial charge is 0.451 e. The van der Waals surface area contributed by atoms with Crippen LogP contribution in [0.25, 0.3) is 0 Å². The predicted molar refractivity (Wildman–Crippen MR) is 81.3 cm³/mol. The summed E-state index contributed by atoms with van der Waals surface area (Å²) >= 11 is 0.751. The Morgan fingerprint density at radius 2 is 2.04 bits per heavy atom. The van der Waals surface area contributed by atoms with Gasteiger partial charge in [-0.1, -0.05) is 11.8 Å². The predicted octanol–water partition coefficient (Wildman–Crippen LogP) is -0.467. The van der Waals surface area contributed by atoms with Crippen LogP contribution in [0.4, 0.5) is 13.2 Å². The van der Waals surface area contributed by atoms with Gasteiger partial charge in [0.1, 0.15) is 5.54 Å². The van der Waals surface area contributed by atoms with E-state index in [1.165, 1.54) is 0 Å². The number of aromatic nitrogens is 3. The highest BCUT2D eigenvalue weighted by atomic mass is 32.2. The SMILES string of the molecule is NCC(=O)NC1(C(=O)O)CC(Sc2n[nH]c(C(F)(F)F)n2)C2C(C(=O)O)C21. The first-order chi connectivity index (χ1) is 12.5. The van der Waals surface area contributed by atoms with Crippen molar-refractivity contribution < 1.29 is 37.8 Å². The second-order valence-electron chi connectivity index (χ2n) is 6.32. The van der Waals surface area contributed by atoms with Crippen LogP contribution < -0.4 is 11.1 Å². The van der Waals surface area contributed by atoms with E-state index in [0.717, 1.165) is 11.8 Å². The van der Waals surface area contributed by atoms with Crippen LogP contribution in [0.1, 0.15) is 12.2 Å². The maximum Gasteiger partial charge on any atom is 0.451 e. The molecule has 6 N–H and O–H groups in total. The van der Waals surface area contributed by atoms with Crippen LogP contribution >= 0.6 is 11.8 Å². The Morgan fingerprint density at radius 3 is 2.52 bits per heavy atom. The van der Waals surface area contributed by atoms with Crippen molar-refractivity contribution in [1.29, 1.82) is 0 Å². The molecule has 14 heteroatoms. The monoisotopic (exact) mass is 409 g/mol. The lowest BCUT2D eigenvalue weighted by molar-refractivity contribution is -0.149. The van der Waals surface area contributed by atoms with E-state index in [2.05, 4.69) is 15.4 Å². The normalized spacial score (nSPS) is 32.0. The summed E-state index contributed by atoms with van der Waals surface area (Å²) < 4.78 is 37.9. The minimum absolute atomic E-state index is 0.187. The molecule has 148 valence electrons. The molecule has 1 amide bonds. The fourth-order valence-electron chi connectivity index (χ4n) is 3.74. The van der Waals surface area contributed by atoms with Crippen LogP contribution in [0.3, 0.4) is 0 Å². The molecule has 5 atom stereocenters. The molecular formula is C13H14F3N5O5S. The van der Waals surface area contributed by atoms with E-state index in [9.17, 15) is 37.8 Å². The summed E-state index contributed by atoms with van der Waals surface area (Å²) in [6.07, 6.45) is -4.92. The van der Waals surface area contributed by atoms with Gasteiger partial charge in [-0.25, -0.2) is 4.79 Å². The first-order valence-electron chi connectivity index (χ1n) is 7.65. The summed E-state index contributed by atoms with van der Waals surface area (Å²) in [6.45, 7) is -0.488. The Kier molecular flexibility index (Phi) is 4.58. The van der Waals surface area contributed by atoms with Crippen molar-refractivity contribution >= 4 is 29.6 Å². The van der Waals surface area contributed by atoms with Gasteiger partial charge in [-0.3, -0.25) is 14.7 Å². The second-order valence-corrected chi connectivity index (χ2v) is 7.53. The molecule has 2 aliphatic carbocycles. The number of H-pyrrole nitrogens is 1. The zero-order chi connectivity index (χ0) is 20.1. The Balaban J connectivity index is 1.87. The number of carbonyl (C=O) groups excluding carboxylic acids is 1. The van der Waals surface area contributed by atoms with Crippen LogP contribution in [-0.4, -0.2) is 60.6 Å². The van der Waals surface area contributed by atoms with Crippen molar-refractivity contribution in [3.05, 3.63) is 5.82 Å². The number of halogens is 3. The van der Waals surface area contributed by atoms with E-state index in [4.69, 9.17) is 5.73 Å². The third-order valence-electron chi connectivity index (χ3n) is 4.80. The lowest BCUT2D eigenvalue weighted by Gasteiger charge is -2.29. The Bertz CT molecular complexity index is 802. The molecule has 3 rings (SSSR count). The van der Waals surface area contributed by atoms with Gasteiger partial charge in [0.05, 0.1) is 12.5 Å². The van der Waals surface area contributed by atoms with Gasteiger partial charge >= 0.3 is 18.1 Å². The number of carbonyl (C=O) groups is 3. The van der Waals surface area contributed by atoms with Crippen molar-refractivity contribution in [3.63, 3.8) is 0 Å². The number of alkyl halides is 3. The van der Waals surface area contributed by atoms with Gasteiger partial charge < -0.3 is 21.3 Å². The Labute approximate surface area is 153 Å². The summed E-state index contributed by atoms with van der Waals surface area (Å²) in [6, 6.07) is 0. The maximum absolute atomic E-state index is 12.6. The van der Waals surface area contributed by atoms with Crippen molar-refractivity contribution in [1.82, 2.24) is 20.5 Å². The van der Waals surface area contributed by atoms with Crippen molar-refractivity contribution in [2.45, 2.75) is 28.5 Å². The topological polar surface area (TPSA) is 171 Å². The molecule has 0 saturated heterocycles. The molecule has 2 aliphatic rings. The van der Waals surface area contributed by atoms with Crippen LogP contribution in [0.2, 0.25) is 0 Å². The summed E-state index contributed by atoms with van der Waals surface area (Å²) in [5.41, 5.74) is 3.35. The number of nitrogens with one attached hydrogen (secondary N) is 2. The molecule has 5 unspecified atom stereocenters. The van der Waals surface area contributed by atoms with Gasteiger partial charge in [0.2, 0.25) is 16.9 Å². The van der Waals surface area contributed by atoms with Crippen molar-refractivity contribution in [3.8, 4) is 0 Å². The molecule has 2 fully saturated rings. The molecule has 0 aromatic carbocycles. The van der Waals surface area contributed by atoms with Crippen molar-refractivity contribution in [2.24, 2.45) is 23.5 Å². The number of nitrogens with two attached hydrogens (primary N) is 1. The Hall–Kier alpha value is -2.35. The van der Waals surface area contributed by atoms with E-state index >= 15 is 0 Å². The number of hydrogen-bond acceptors (Lipinski definition) is 7. The summed E-state index contributed by atoms with van der Waals surface area (Å²) in [4.78, 5) is 38.3. The van der Waals surface area contributed by atoms with Gasteiger partial charge in [-0.15, -0.1) is 5.10 Å². The lowest BCUT2D eigenvalue weighted by atomic mass is 9.90. The maximum atomic E-state index is 12.6. The van der Waals surface area contributed by atoms with E-state index in [1.807, 2.05) is 0 Å². The molecule has 0 radical (unpaired) electrons. The molecule has 27 heavy (non-hydrogen) atoms. The molecule has 0 aliphatic heterocycles. The zero-order valence-corrected chi connectivity index (χ0v) is 14.2. The number of rotatable bonds is 6. The molecule has 2 saturated carbocycles. The molecule has 0 bridgehead atoms. The highest BCUT2D eigenvalue weighted by Crippen LogP contribution is 2.65. The quantitative estimate of drug-likeness (QED) is 0.417. The Morgan fingerprint density at radius 1 is 1.37 bits per heavy atom. The van der Waals surface area contributed by atoms with Gasteiger partial charge in [0.15, 0.2) is 0 Å². The number of carboxylic acid groups (broad SMARTS) is 2. The summed E-state index contributed by atoms with van der Waals surface area (Å²) in [5.74, 6) is -7.35. The molecule has 1 aromatic rings. The first kappa shape index (κ1) is 19.4. The number of aromatic amines is 1. The van der Waals surface area contributed by atoms with Crippen molar-refractivity contribution in [2.75, 3.05) is 6.54 Å². The van der Waals surface area contributed by atoms with Gasteiger partial charge in [-0.05, 0) is 12.3 Å². The fraction of sp³-hybridized carbons (Fsp3) is 0.615. The minimum Gasteiger partial charge on any atom is -0.481 e. The van der Waals surface area contributed by atoms with E-state index in [1.54, 1.807) is 5.10 Å². The molecular weight excluding hydrogens is 395 g/mol. The number of carboxylic acids is 2. The molecule has 1 heterocycles. The summed E-state index contributed by atoms with van der Waals surface area (Å²) in [5, 5.41) is 25.5. The molecule has 10 nitrogen and oxygen atoms in total. The number of nitrogens with zero attached hydrogens (tertiary/aromatic N) is 2. The largest absolute Gasteiger partial charge is 0.481 e. The summed E-state index contributed by atoms with van der Waals surface area (Å²) in [7, 11) is 0. The average molecular weight is 409 g/mol. The van der Waals surface area contributed by atoms with Crippen LogP contribution in [0, 0.1) is 17.8 Å². The van der Waals surface area contributed by atoms with Crippen LogP contribution in [-0.2, 0) is 20.6 Å². The number of hydrogen-bond donors (Lipinski definition) is 5. The standard InChI is InChI=1S/C13H14F3N5O5S/c14-13(15,16)9-18-11(21-20-9)27-3-1-12(10(25)26,19-4(22)2-17)7-5(3)6(7)8(23)24/h3,5-7H,1-2,17H2,(H,19,22)(H,23,24)(H,25,26)(H,18,20,21). The number of amides is 1. The van der Waals surface area contributed by atoms with E-state index in [-0.39, 0.29) is 11.6 Å².